The molecule has 0 saturated heterocycles. The molecule has 3 aromatic carbocycles. The highest BCUT2D eigenvalue weighted by Crippen LogP contribution is 2.36. The average Bonchev–Trinajstić information content (AvgIpc) is 3.36. The minimum absolute atomic E-state index is 0.120. The average molecular weight is 446 g/mol. The third-order valence-corrected chi connectivity index (χ3v) is 5.66. The molecule has 1 amide bonds. The van der Waals surface area contributed by atoms with Gasteiger partial charge in [0.05, 0.1) is 29.2 Å². The van der Waals surface area contributed by atoms with Crippen LogP contribution in [0.25, 0.3) is 0 Å². The second-order valence-electron chi connectivity index (χ2n) is 7.92. The van der Waals surface area contributed by atoms with Gasteiger partial charge >= 0.3 is 0 Å². The molecule has 166 valence electrons. The molecule has 1 aliphatic rings. The van der Waals surface area contributed by atoms with E-state index in [9.17, 15) is 4.79 Å². The quantitative estimate of drug-likeness (QED) is 0.328. The van der Waals surface area contributed by atoms with E-state index in [1.807, 2.05) is 48.5 Å². The first-order valence-electron chi connectivity index (χ1n) is 11.1. The largest absolute Gasteiger partial charge is 0.272 e. The number of hydrogen-bond donors (Lipinski definition) is 1. The van der Waals surface area contributed by atoms with Crippen LogP contribution in [0.4, 0.5) is 5.69 Å². The van der Waals surface area contributed by atoms with Gasteiger partial charge in [-0.2, -0.15) is 10.2 Å². The molecular weight excluding hydrogens is 422 g/mol. The van der Waals surface area contributed by atoms with E-state index < -0.39 is 0 Å². The first-order chi connectivity index (χ1) is 16.8. The number of carbonyl (C=O) groups is 1. The van der Waals surface area contributed by atoms with Gasteiger partial charge in [0.2, 0.25) is 0 Å². The fourth-order valence-corrected chi connectivity index (χ4v) is 3.93. The smallest absolute Gasteiger partial charge is 0.267 e. The fourth-order valence-electron chi connectivity index (χ4n) is 3.93. The van der Waals surface area contributed by atoms with Crippen LogP contribution in [0, 0.1) is 0 Å². The lowest BCUT2D eigenvalue weighted by Crippen LogP contribution is -2.18. The zero-order chi connectivity index (χ0) is 23.2. The summed E-state index contributed by atoms with van der Waals surface area (Å²) in [5, 5.41) is 11.1. The number of benzene rings is 3. The standard InChI is InChI=1S/C28H23N5O/c34-28(24-12-7-17-29-20-24)31-30-19-21-13-15-25(16-14-21)33-27(23-10-5-2-6-11-23)18-26(32-33)22-8-3-1-4-9-22/h1-17,19-20,27H,18H2,(H,31,34)/b30-19-. The second kappa shape index (κ2) is 9.92. The number of pyridine rings is 1. The van der Waals surface area contributed by atoms with Crippen molar-refractivity contribution in [3.63, 3.8) is 0 Å². The van der Waals surface area contributed by atoms with Crippen molar-refractivity contribution in [1.82, 2.24) is 10.4 Å². The SMILES string of the molecule is O=C(N/N=C\c1ccc(N2N=C(c3ccccc3)CC2c2ccccc2)cc1)c1cccnc1. The van der Waals surface area contributed by atoms with Crippen LogP contribution in [0.2, 0.25) is 0 Å². The Morgan fingerprint density at radius 3 is 2.35 bits per heavy atom. The molecule has 5 rings (SSSR count). The monoisotopic (exact) mass is 445 g/mol. The van der Waals surface area contributed by atoms with Crippen LogP contribution < -0.4 is 10.4 Å². The molecule has 34 heavy (non-hydrogen) atoms. The molecule has 6 heteroatoms. The van der Waals surface area contributed by atoms with Gasteiger partial charge in [0.1, 0.15) is 0 Å². The molecule has 6 nitrogen and oxygen atoms in total. The summed E-state index contributed by atoms with van der Waals surface area (Å²) in [5.74, 6) is -0.300. The number of hydrogen-bond acceptors (Lipinski definition) is 5. The van der Waals surface area contributed by atoms with Crippen LogP contribution in [0.5, 0.6) is 0 Å². The van der Waals surface area contributed by atoms with Crippen molar-refractivity contribution >= 4 is 23.5 Å². The van der Waals surface area contributed by atoms with Crippen molar-refractivity contribution in [2.75, 3.05) is 5.01 Å². The maximum atomic E-state index is 12.1. The maximum absolute atomic E-state index is 12.1. The van der Waals surface area contributed by atoms with Crippen molar-refractivity contribution in [3.05, 3.63) is 132 Å². The Morgan fingerprint density at radius 2 is 1.65 bits per heavy atom. The molecule has 0 saturated carbocycles. The first kappa shape index (κ1) is 21.3. The van der Waals surface area contributed by atoms with Crippen LogP contribution >= 0.6 is 0 Å². The minimum Gasteiger partial charge on any atom is -0.267 e. The Morgan fingerprint density at radius 1 is 0.912 bits per heavy atom. The van der Waals surface area contributed by atoms with Crippen LogP contribution in [-0.2, 0) is 0 Å². The third-order valence-electron chi connectivity index (χ3n) is 5.66. The van der Waals surface area contributed by atoms with Gasteiger partial charge in [-0.3, -0.25) is 14.8 Å². The summed E-state index contributed by atoms with van der Waals surface area (Å²) < 4.78 is 0. The molecule has 1 N–H and O–H groups in total. The maximum Gasteiger partial charge on any atom is 0.272 e. The van der Waals surface area contributed by atoms with E-state index in [1.165, 1.54) is 11.8 Å². The normalized spacial score (nSPS) is 15.4. The van der Waals surface area contributed by atoms with Gasteiger partial charge in [0.25, 0.3) is 5.91 Å². The Kier molecular flexibility index (Phi) is 6.21. The number of rotatable bonds is 6. The zero-order valence-electron chi connectivity index (χ0n) is 18.5. The van der Waals surface area contributed by atoms with Crippen molar-refractivity contribution in [1.29, 1.82) is 0 Å². The zero-order valence-corrected chi connectivity index (χ0v) is 18.5. The number of aromatic nitrogens is 1. The topological polar surface area (TPSA) is 70.0 Å². The van der Waals surface area contributed by atoms with Gasteiger partial charge < -0.3 is 0 Å². The van der Waals surface area contributed by atoms with Crippen LogP contribution in [-0.4, -0.2) is 22.8 Å². The summed E-state index contributed by atoms with van der Waals surface area (Å²) in [4.78, 5) is 16.0. The van der Waals surface area contributed by atoms with Gasteiger partial charge in [-0.05, 0) is 41.0 Å². The van der Waals surface area contributed by atoms with E-state index in [0.29, 0.717) is 5.56 Å². The predicted octanol–water partition coefficient (Wildman–Crippen LogP) is 5.20. The summed E-state index contributed by atoms with van der Waals surface area (Å²) in [6.07, 6.45) is 5.58. The molecule has 0 bridgehead atoms. The molecule has 0 aliphatic carbocycles. The summed E-state index contributed by atoms with van der Waals surface area (Å²) in [6, 6.07) is 32.3. The van der Waals surface area contributed by atoms with Gasteiger partial charge in [-0.1, -0.05) is 72.8 Å². The van der Waals surface area contributed by atoms with Crippen LogP contribution in [0.1, 0.15) is 39.5 Å². The first-order valence-corrected chi connectivity index (χ1v) is 11.1. The molecule has 1 aliphatic heterocycles. The molecular formula is C28H23N5O. The summed E-state index contributed by atoms with van der Waals surface area (Å²) >= 11 is 0. The summed E-state index contributed by atoms with van der Waals surface area (Å²) in [5.41, 5.74) is 8.29. The van der Waals surface area contributed by atoms with Gasteiger partial charge in [-0.15, -0.1) is 0 Å². The van der Waals surface area contributed by atoms with Gasteiger partial charge in [0.15, 0.2) is 0 Å². The van der Waals surface area contributed by atoms with E-state index in [2.05, 4.69) is 56.9 Å². The van der Waals surface area contributed by atoms with Crippen molar-refractivity contribution in [2.45, 2.75) is 12.5 Å². The second-order valence-corrected chi connectivity index (χ2v) is 7.92. The van der Waals surface area contributed by atoms with E-state index in [1.54, 1.807) is 24.5 Å². The van der Waals surface area contributed by atoms with Gasteiger partial charge in [0, 0.05) is 18.8 Å². The highest BCUT2D eigenvalue weighted by molar-refractivity contribution is 6.03. The lowest BCUT2D eigenvalue weighted by molar-refractivity contribution is 0.0955. The molecule has 0 fully saturated rings. The summed E-state index contributed by atoms with van der Waals surface area (Å²) in [7, 11) is 0. The Balaban J connectivity index is 1.34. The fraction of sp³-hybridized carbons (Fsp3) is 0.0714. The van der Waals surface area contributed by atoms with Crippen LogP contribution in [0.3, 0.4) is 0 Å². The van der Waals surface area contributed by atoms with Crippen LogP contribution in [0.15, 0.2) is 120 Å². The molecule has 4 aromatic rings. The minimum atomic E-state index is -0.300. The van der Waals surface area contributed by atoms with Gasteiger partial charge in [-0.25, -0.2) is 5.43 Å². The molecule has 1 aromatic heterocycles. The Hall–Kier alpha value is -4.58. The number of amides is 1. The molecule has 2 heterocycles. The van der Waals surface area contributed by atoms with E-state index >= 15 is 0 Å². The number of anilines is 1. The van der Waals surface area contributed by atoms with E-state index in [4.69, 9.17) is 5.10 Å². The van der Waals surface area contributed by atoms with Crippen molar-refractivity contribution in [3.8, 4) is 0 Å². The highest BCUT2D eigenvalue weighted by atomic mass is 16.2. The molecule has 1 atom stereocenters. The number of hydrazone groups is 2. The lowest BCUT2D eigenvalue weighted by Gasteiger charge is -2.24. The van der Waals surface area contributed by atoms with Crippen molar-refractivity contribution in [2.24, 2.45) is 10.2 Å². The number of carbonyl (C=O) groups excluding carboxylic acids is 1. The Labute approximate surface area is 198 Å². The third kappa shape index (κ3) is 4.76. The molecule has 1 unspecified atom stereocenters. The highest BCUT2D eigenvalue weighted by Gasteiger charge is 2.29. The molecule has 0 radical (unpaired) electrons. The van der Waals surface area contributed by atoms with Crippen molar-refractivity contribution < 1.29 is 4.79 Å². The summed E-state index contributed by atoms with van der Waals surface area (Å²) in [6.45, 7) is 0. The number of nitrogens with zero attached hydrogens (tertiary/aromatic N) is 4. The number of nitrogens with one attached hydrogen (secondary N) is 1. The van der Waals surface area contributed by atoms with E-state index in [0.717, 1.165) is 28.9 Å². The molecule has 0 spiro atoms. The lowest BCUT2D eigenvalue weighted by atomic mass is 9.98. The Bertz CT molecular complexity index is 1300. The van der Waals surface area contributed by atoms with E-state index in [-0.39, 0.29) is 11.9 Å². The predicted molar refractivity (Wildman–Crippen MR) is 135 cm³/mol.